The predicted molar refractivity (Wildman–Crippen MR) is 111 cm³/mol. The van der Waals surface area contributed by atoms with Crippen LogP contribution in [-0.4, -0.2) is 46.5 Å². The third kappa shape index (κ3) is 5.77. The number of aromatic nitrogens is 1. The van der Waals surface area contributed by atoms with Crippen molar-refractivity contribution in [2.24, 2.45) is 0 Å². The third-order valence-electron chi connectivity index (χ3n) is 4.32. The van der Waals surface area contributed by atoms with Crippen molar-refractivity contribution in [3.8, 4) is 0 Å². The Morgan fingerprint density at radius 2 is 1.83 bits per heavy atom. The number of thiophene rings is 1. The highest BCUT2D eigenvalue weighted by Gasteiger charge is 2.29. The highest BCUT2D eigenvalue weighted by atomic mass is 32.1. The number of hydrogen-bond donors (Lipinski definition) is 2. The first-order valence-electron chi connectivity index (χ1n) is 9.29. The molecule has 1 saturated heterocycles. The summed E-state index contributed by atoms with van der Waals surface area (Å²) < 4.78 is 5.41. The topological polar surface area (TPSA) is 101 Å². The van der Waals surface area contributed by atoms with Gasteiger partial charge in [-0.25, -0.2) is 9.78 Å². The van der Waals surface area contributed by atoms with Crippen LogP contribution >= 0.6 is 22.7 Å². The molecule has 0 radical (unpaired) electrons. The minimum absolute atomic E-state index is 0.195. The summed E-state index contributed by atoms with van der Waals surface area (Å²) in [6, 6.07) is 1.68. The van der Waals surface area contributed by atoms with Crippen molar-refractivity contribution >= 4 is 40.6 Å². The minimum atomic E-state index is -0.510. The minimum Gasteiger partial charge on any atom is -0.444 e. The molecule has 0 bridgehead atoms. The van der Waals surface area contributed by atoms with Gasteiger partial charge in [-0.3, -0.25) is 20.4 Å². The van der Waals surface area contributed by atoms with Gasteiger partial charge in [-0.05, 0) is 45.1 Å². The molecule has 0 saturated carbocycles. The molecule has 29 heavy (non-hydrogen) atoms. The summed E-state index contributed by atoms with van der Waals surface area (Å²) >= 11 is 2.82. The van der Waals surface area contributed by atoms with E-state index in [4.69, 9.17) is 4.74 Å². The maximum absolute atomic E-state index is 12.2. The van der Waals surface area contributed by atoms with E-state index in [0.717, 1.165) is 17.8 Å². The molecular formula is C19H24N4O4S2. The molecule has 2 aromatic heterocycles. The van der Waals surface area contributed by atoms with Crippen molar-refractivity contribution in [2.75, 3.05) is 13.1 Å². The fourth-order valence-electron chi connectivity index (χ4n) is 2.86. The molecule has 8 nitrogen and oxygen atoms in total. The van der Waals surface area contributed by atoms with Crippen molar-refractivity contribution in [1.29, 1.82) is 0 Å². The number of piperidine rings is 1. The summed E-state index contributed by atoms with van der Waals surface area (Å²) in [5.74, 6) is -0.632. The first-order valence-corrected chi connectivity index (χ1v) is 11.1. The molecule has 1 aliphatic rings. The number of likely N-dealkylation sites (tertiary alicyclic amines) is 1. The Balaban J connectivity index is 1.49. The van der Waals surface area contributed by atoms with Crippen molar-refractivity contribution < 1.29 is 19.1 Å². The number of hydrazine groups is 1. The Morgan fingerprint density at radius 3 is 2.45 bits per heavy atom. The van der Waals surface area contributed by atoms with Gasteiger partial charge in [0.05, 0.1) is 10.6 Å². The molecule has 0 aliphatic carbocycles. The van der Waals surface area contributed by atoms with Gasteiger partial charge in [0.25, 0.3) is 11.8 Å². The highest BCUT2D eigenvalue weighted by molar-refractivity contribution is 7.10. The number of nitrogens with one attached hydrogen (secondary N) is 2. The van der Waals surface area contributed by atoms with Crippen LogP contribution in [0.5, 0.6) is 0 Å². The molecule has 3 rings (SSSR count). The van der Waals surface area contributed by atoms with Gasteiger partial charge in [0.15, 0.2) is 0 Å². The quantitative estimate of drug-likeness (QED) is 0.719. The van der Waals surface area contributed by atoms with Gasteiger partial charge in [-0.15, -0.1) is 11.3 Å². The van der Waals surface area contributed by atoms with E-state index in [0.29, 0.717) is 18.7 Å². The smallest absolute Gasteiger partial charge is 0.410 e. The van der Waals surface area contributed by atoms with Crippen LogP contribution in [0.25, 0.3) is 0 Å². The van der Waals surface area contributed by atoms with Crippen LogP contribution < -0.4 is 10.9 Å². The molecule has 1 aliphatic heterocycles. The van der Waals surface area contributed by atoms with Gasteiger partial charge in [0, 0.05) is 29.8 Å². The van der Waals surface area contributed by atoms with Crippen molar-refractivity contribution in [1.82, 2.24) is 20.7 Å². The predicted octanol–water partition coefficient (Wildman–Crippen LogP) is 3.39. The average Bonchev–Trinajstić information content (AvgIpc) is 3.36. The number of rotatable bonds is 3. The number of ether oxygens (including phenoxy) is 1. The molecular weight excluding hydrogens is 412 g/mol. The SMILES string of the molecule is CC(C)(C)OC(=O)N1CCC(c2nc(C(=O)NNC(=O)c3ccsc3)cs2)CC1. The lowest BCUT2D eigenvalue weighted by atomic mass is 9.98. The number of nitrogens with zero attached hydrogens (tertiary/aromatic N) is 2. The van der Waals surface area contributed by atoms with Crippen LogP contribution in [0.3, 0.4) is 0 Å². The Labute approximate surface area is 177 Å². The standard InChI is InChI=1S/C19H24N4O4S2/c1-19(2,3)27-18(26)23-7-4-12(5-8-23)17-20-14(11-29-17)16(25)22-21-15(24)13-6-9-28-10-13/h6,9-12H,4-5,7-8H2,1-3H3,(H,21,24)(H,22,25). The second-order valence-electron chi connectivity index (χ2n) is 7.73. The largest absolute Gasteiger partial charge is 0.444 e. The number of hydrogen-bond acceptors (Lipinski definition) is 7. The van der Waals surface area contributed by atoms with Gasteiger partial charge in [0.1, 0.15) is 11.3 Å². The molecule has 2 N–H and O–H groups in total. The van der Waals surface area contributed by atoms with Gasteiger partial charge < -0.3 is 9.64 Å². The Morgan fingerprint density at radius 1 is 1.14 bits per heavy atom. The van der Waals surface area contributed by atoms with Crippen LogP contribution in [-0.2, 0) is 4.74 Å². The molecule has 156 valence electrons. The molecule has 1 fully saturated rings. The van der Waals surface area contributed by atoms with E-state index in [1.807, 2.05) is 20.8 Å². The Kier molecular flexibility index (Phi) is 6.53. The van der Waals surface area contributed by atoms with E-state index in [1.165, 1.54) is 22.7 Å². The molecule has 0 unspecified atom stereocenters. The zero-order valence-corrected chi connectivity index (χ0v) is 18.2. The molecule has 0 spiro atoms. The second-order valence-corrected chi connectivity index (χ2v) is 9.40. The molecule has 0 aromatic carbocycles. The second kappa shape index (κ2) is 8.91. The number of carbonyl (C=O) groups is 3. The van der Waals surface area contributed by atoms with Gasteiger partial charge in [0.2, 0.25) is 0 Å². The Bertz CT molecular complexity index is 865. The summed E-state index contributed by atoms with van der Waals surface area (Å²) in [6.07, 6.45) is 1.24. The molecule has 0 atom stereocenters. The molecule has 3 heterocycles. The summed E-state index contributed by atoms with van der Waals surface area (Å²) in [4.78, 5) is 42.4. The molecule has 10 heteroatoms. The van der Waals surface area contributed by atoms with E-state index < -0.39 is 11.5 Å². The van der Waals surface area contributed by atoms with Crippen LogP contribution in [0.2, 0.25) is 0 Å². The van der Waals surface area contributed by atoms with Crippen LogP contribution in [0.1, 0.15) is 65.4 Å². The van der Waals surface area contributed by atoms with Crippen molar-refractivity contribution in [2.45, 2.75) is 45.1 Å². The number of carbonyl (C=O) groups excluding carboxylic acids is 3. The third-order valence-corrected chi connectivity index (χ3v) is 6.01. The lowest BCUT2D eigenvalue weighted by Gasteiger charge is -2.32. The number of amides is 3. The van der Waals surface area contributed by atoms with E-state index in [1.54, 1.807) is 27.1 Å². The maximum Gasteiger partial charge on any atom is 0.410 e. The normalized spacial score (nSPS) is 15.1. The van der Waals surface area contributed by atoms with Gasteiger partial charge in [-0.1, -0.05) is 0 Å². The van der Waals surface area contributed by atoms with Gasteiger partial charge in [-0.2, -0.15) is 11.3 Å². The molecule has 3 amide bonds. The fraction of sp³-hybridized carbons (Fsp3) is 0.474. The first kappa shape index (κ1) is 21.3. The fourth-order valence-corrected chi connectivity index (χ4v) is 4.47. The summed E-state index contributed by atoms with van der Waals surface area (Å²) in [5.41, 5.74) is 5.02. The maximum atomic E-state index is 12.2. The monoisotopic (exact) mass is 436 g/mol. The summed E-state index contributed by atoms with van der Waals surface area (Å²) in [7, 11) is 0. The van der Waals surface area contributed by atoms with Crippen LogP contribution in [0, 0.1) is 0 Å². The Hall–Kier alpha value is -2.46. The zero-order valence-electron chi connectivity index (χ0n) is 16.6. The average molecular weight is 437 g/mol. The highest BCUT2D eigenvalue weighted by Crippen LogP contribution is 2.30. The van der Waals surface area contributed by atoms with Crippen molar-refractivity contribution in [3.63, 3.8) is 0 Å². The van der Waals surface area contributed by atoms with Crippen LogP contribution in [0.15, 0.2) is 22.2 Å². The van der Waals surface area contributed by atoms with Gasteiger partial charge >= 0.3 is 6.09 Å². The summed E-state index contributed by atoms with van der Waals surface area (Å²) in [6.45, 7) is 6.74. The van der Waals surface area contributed by atoms with E-state index in [9.17, 15) is 14.4 Å². The first-order chi connectivity index (χ1) is 13.7. The van der Waals surface area contributed by atoms with E-state index >= 15 is 0 Å². The van der Waals surface area contributed by atoms with E-state index in [-0.39, 0.29) is 23.6 Å². The lowest BCUT2D eigenvalue weighted by Crippen LogP contribution is -2.42. The lowest BCUT2D eigenvalue weighted by molar-refractivity contribution is 0.0204. The van der Waals surface area contributed by atoms with Crippen molar-refractivity contribution in [3.05, 3.63) is 38.5 Å². The van der Waals surface area contributed by atoms with E-state index in [2.05, 4.69) is 15.8 Å². The zero-order chi connectivity index (χ0) is 21.0. The van der Waals surface area contributed by atoms with Crippen LogP contribution in [0.4, 0.5) is 4.79 Å². The summed E-state index contributed by atoms with van der Waals surface area (Å²) in [5, 5.41) is 6.04. The number of thiazole rings is 1. The molecule has 2 aromatic rings.